The number of nitrogens with one attached hydrogen (secondary N) is 1. The lowest BCUT2D eigenvalue weighted by molar-refractivity contribution is 0.0711. The fourth-order valence-corrected chi connectivity index (χ4v) is 4.06. The number of carbonyl (C=O) groups is 1. The van der Waals surface area contributed by atoms with E-state index in [1.807, 2.05) is 30.9 Å². The second kappa shape index (κ2) is 7.23. The van der Waals surface area contributed by atoms with Crippen molar-refractivity contribution in [3.63, 3.8) is 0 Å². The number of benzene rings is 2. The number of aromatic amines is 1. The maximum atomic E-state index is 13.4. The monoisotopic (exact) mass is 406 g/mol. The van der Waals surface area contributed by atoms with E-state index < -0.39 is 0 Å². The number of amides is 1. The molecule has 2 aromatic heterocycles. The number of oxazole rings is 1. The molecule has 7 heteroatoms. The quantitative estimate of drug-likeness (QED) is 0.520. The molecule has 0 radical (unpaired) electrons. The van der Waals surface area contributed by atoms with Gasteiger partial charge >= 0.3 is 0 Å². The Morgan fingerprint density at radius 1 is 1.13 bits per heavy atom. The van der Waals surface area contributed by atoms with Gasteiger partial charge in [-0.2, -0.15) is 0 Å². The Kier molecular flexibility index (Phi) is 4.53. The summed E-state index contributed by atoms with van der Waals surface area (Å²) in [5, 5.41) is 0. The first-order valence-corrected chi connectivity index (χ1v) is 10.3. The van der Waals surface area contributed by atoms with Crippen molar-refractivity contribution in [3.05, 3.63) is 59.5 Å². The lowest BCUT2D eigenvalue weighted by atomic mass is 9.95. The molecular formula is C23H23FN4O2. The first-order valence-electron chi connectivity index (χ1n) is 10.3. The zero-order valence-corrected chi connectivity index (χ0v) is 17.0. The van der Waals surface area contributed by atoms with Gasteiger partial charge in [0.2, 0.25) is 0 Å². The minimum absolute atomic E-state index is 0.0103. The average Bonchev–Trinajstić information content (AvgIpc) is 3.36. The Balaban J connectivity index is 1.29. The second-order valence-electron chi connectivity index (χ2n) is 8.24. The van der Waals surface area contributed by atoms with E-state index in [9.17, 15) is 9.18 Å². The number of hydrogen-bond donors (Lipinski definition) is 1. The average molecular weight is 406 g/mol. The highest BCUT2D eigenvalue weighted by atomic mass is 19.1. The number of halogens is 1. The van der Waals surface area contributed by atoms with Crippen molar-refractivity contribution in [1.82, 2.24) is 19.9 Å². The second-order valence-corrected chi connectivity index (χ2v) is 8.24. The zero-order valence-electron chi connectivity index (χ0n) is 17.0. The molecule has 3 heterocycles. The molecule has 0 atom stereocenters. The first-order chi connectivity index (χ1) is 14.5. The van der Waals surface area contributed by atoms with Crippen LogP contribution in [0.25, 0.3) is 22.1 Å². The third-order valence-electron chi connectivity index (χ3n) is 5.78. The molecule has 6 nitrogen and oxygen atoms in total. The maximum Gasteiger partial charge on any atom is 0.253 e. The number of imidazole rings is 1. The predicted octanol–water partition coefficient (Wildman–Crippen LogP) is 4.99. The van der Waals surface area contributed by atoms with Gasteiger partial charge in [-0.15, -0.1) is 0 Å². The third-order valence-corrected chi connectivity index (χ3v) is 5.78. The number of H-pyrrole nitrogens is 1. The summed E-state index contributed by atoms with van der Waals surface area (Å²) in [7, 11) is 0. The van der Waals surface area contributed by atoms with Gasteiger partial charge in [-0.05, 0) is 49.2 Å². The van der Waals surface area contributed by atoms with Gasteiger partial charge in [-0.3, -0.25) is 4.79 Å². The van der Waals surface area contributed by atoms with Gasteiger partial charge in [-0.1, -0.05) is 13.8 Å². The van der Waals surface area contributed by atoms with Crippen LogP contribution in [0.5, 0.6) is 0 Å². The molecule has 1 aliphatic rings. The number of piperidine rings is 1. The van der Waals surface area contributed by atoms with Crippen molar-refractivity contribution in [2.45, 2.75) is 38.5 Å². The number of likely N-dealkylation sites (tertiary alicyclic amines) is 1. The summed E-state index contributed by atoms with van der Waals surface area (Å²) in [6.45, 7) is 5.37. The van der Waals surface area contributed by atoms with Crippen LogP contribution in [0.2, 0.25) is 0 Å². The van der Waals surface area contributed by atoms with Crippen LogP contribution in [-0.4, -0.2) is 38.8 Å². The lowest BCUT2D eigenvalue weighted by Crippen LogP contribution is -2.38. The van der Waals surface area contributed by atoms with Gasteiger partial charge in [0.1, 0.15) is 17.2 Å². The van der Waals surface area contributed by atoms with Crippen molar-refractivity contribution in [3.8, 4) is 0 Å². The Morgan fingerprint density at radius 3 is 2.70 bits per heavy atom. The number of carbonyl (C=O) groups excluding carboxylic acids is 1. The molecule has 5 rings (SSSR count). The van der Waals surface area contributed by atoms with Crippen LogP contribution in [-0.2, 0) is 0 Å². The molecule has 30 heavy (non-hydrogen) atoms. The molecule has 0 unspecified atom stereocenters. The molecule has 1 N–H and O–H groups in total. The smallest absolute Gasteiger partial charge is 0.253 e. The summed E-state index contributed by atoms with van der Waals surface area (Å²) in [6.07, 6.45) is 1.63. The van der Waals surface area contributed by atoms with Crippen molar-refractivity contribution < 1.29 is 13.6 Å². The van der Waals surface area contributed by atoms with Crippen LogP contribution >= 0.6 is 0 Å². The van der Waals surface area contributed by atoms with Gasteiger partial charge in [0.05, 0.1) is 11.0 Å². The summed E-state index contributed by atoms with van der Waals surface area (Å²) >= 11 is 0. The van der Waals surface area contributed by atoms with E-state index >= 15 is 0 Å². The third kappa shape index (κ3) is 3.34. The normalized spacial score (nSPS) is 15.5. The standard InChI is InChI=1S/C23H23FN4O2/c1-13(2)22-27-19-11-15(3-6-20(19)30-22)23(29)28-9-7-14(8-10-28)21-25-17-5-4-16(24)12-18(17)26-21/h3-6,11-14H,7-10H2,1-2H3,(H,25,26). The van der Waals surface area contributed by atoms with Gasteiger partial charge in [0, 0.05) is 30.5 Å². The van der Waals surface area contributed by atoms with Crippen LogP contribution in [0.3, 0.4) is 0 Å². The molecule has 4 aromatic rings. The topological polar surface area (TPSA) is 75.0 Å². The van der Waals surface area contributed by atoms with E-state index in [0.29, 0.717) is 41.2 Å². The summed E-state index contributed by atoms with van der Waals surface area (Å²) in [6, 6.07) is 10.0. The Hall–Kier alpha value is -3.22. The number of nitrogens with zero attached hydrogens (tertiary/aromatic N) is 3. The van der Waals surface area contributed by atoms with Crippen LogP contribution in [0.1, 0.15) is 60.6 Å². The Labute approximate surface area is 173 Å². The SMILES string of the molecule is CC(C)c1nc2cc(C(=O)N3CCC(c4nc5ccc(F)cc5[nH]4)CC3)ccc2o1. The highest BCUT2D eigenvalue weighted by Gasteiger charge is 2.27. The maximum absolute atomic E-state index is 13.4. The predicted molar refractivity (Wildman–Crippen MR) is 112 cm³/mol. The van der Waals surface area contributed by atoms with Crippen molar-refractivity contribution in [2.24, 2.45) is 0 Å². The molecule has 1 saturated heterocycles. The Morgan fingerprint density at radius 2 is 1.93 bits per heavy atom. The molecule has 154 valence electrons. The van der Waals surface area contributed by atoms with Crippen LogP contribution in [0.15, 0.2) is 40.8 Å². The van der Waals surface area contributed by atoms with E-state index in [4.69, 9.17) is 4.42 Å². The Bertz CT molecular complexity index is 1230. The van der Waals surface area contributed by atoms with E-state index in [0.717, 1.165) is 24.2 Å². The van der Waals surface area contributed by atoms with Gasteiger partial charge in [0.25, 0.3) is 5.91 Å². The highest BCUT2D eigenvalue weighted by molar-refractivity contribution is 5.97. The minimum Gasteiger partial charge on any atom is -0.440 e. The molecule has 0 spiro atoms. The van der Waals surface area contributed by atoms with Crippen LogP contribution in [0, 0.1) is 5.82 Å². The van der Waals surface area contributed by atoms with Gasteiger partial charge in [-0.25, -0.2) is 14.4 Å². The minimum atomic E-state index is -0.275. The molecule has 1 aliphatic heterocycles. The zero-order chi connectivity index (χ0) is 20.8. The van der Waals surface area contributed by atoms with E-state index in [1.165, 1.54) is 12.1 Å². The lowest BCUT2D eigenvalue weighted by Gasteiger charge is -2.31. The summed E-state index contributed by atoms with van der Waals surface area (Å²) in [5.74, 6) is 1.72. The van der Waals surface area contributed by atoms with E-state index in [1.54, 1.807) is 12.1 Å². The van der Waals surface area contributed by atoms with Crippen LogP contribution < -0.4 is 0 Å². The van der Waals surface area contributed by atoms with Gasteiger partial charge < -0.3 is 14.3 Å². The summed E-state index contributed by atoms with van der Waals surface area (Å²) < 4.78 is 19.2. The summed E-state index contributed by atoms with van der Waals surface area (Å²) in [5.41, 5.74) is 3.53. The van der Waals surface area contributed by atoms with Gasteiger partial charge in [0.15, 0.2) is 11.5 Å². The highest BCUT2D eigenvalue weighted by Crippen LogP contribution is 2.29. The largest absolute Gasteiger partial charge is 0.440 e. The fourth-order valence-electron chi connectivity index (χ4n) is 4.06. The molecular weight excluding hydrogens is 383 g/mol. The number of aromatic nitrogens is 3. The number of hydrogen-bond acceptors (Lipinski definition) is 4. The molecule has 0 aliphatic carbocycles. The number of rotatable bonds is 3. The van der Waals surface area contributed by atoms with Crippen molar-refractivity contribution >= 4 is 28.0 Å². The molecule has 0 bridgehead atoms. The number of fused-ring (bicyclic) bond motifs is 2. The van der Waals surface area contributed by atoms with E-state index in [-0.39, 0.29) is 23.6 Å². The van der Waals surface area contributed by atoms with Crippen molar-refractivity contribution in [2.75, 3.05) is 13.1 Å². The van der Waals surface area contributed by atoms with E-state index in [2.05, 4.69) is 15.0 Å². The molecule has 0 saturated carbocycles. The fraction of sp³-hybridized carbons (Fsp3) is 0.348. The van der Waals surface area contributed by atoms with Crippen molar-refractivity contribution in [1.29, 1.82) is 0 Å². The first kappa shape index (κ1) is 18.8. The van der Waals surface area contributed by atoms with Crippen LogP contribution in [0.4, 0.5) is 4.39 Å². The molecule has 1 fully saturated rings. The molecule has 1 amide bonds. The molecule has 2 aromatic carbocycles. The summed E-state index contributed by atoms with van der Waals surface area (Å²) in [4.78, 5) is 27.2.